The van der Waals surface area contributed by atoms with Crippen molar-refractivity contribution in [1.29, 1.82) is 5.26 Å². The first-order valence-electron chi connectivity index (χ1n) is 9.86. The lowest BCUT2D eigenvalue weighted by Gasteiger charge is -2.09. The van der Waals surface area contributed by atoms with Gasteiger partial charge in [0, 0.05) is 5.39 Å². The highest BCUT2D eigenvalue weighted by molar-refractivity contribution is 5.78. The van der Waals surface area contributed by atoms with E-state index in [0.29, 0.717) is 12.2 Å². The van der Waals surface area contributed by atoms with Crippen LogP contribution < -0.4 is 4.74 Å². The van der Waals surface area contributed by atoms with Crippen molar-refractivity contribution < 1.29 is 4.74 Å². The zero-order valence-electron chi connectivity index (χ0n) is 16.2. The topological polar surface area (TPSA) is 45.9 Å². The summed E-state index contributed by atoms with van der Waals surface area (Å²) < 4.78 is 5.98. The van der Waals surface area contributed by atoms with Crippen LogP contribution in [-0.4, -0.2) is 4.98 Å². The number of hydrogen-bond acceptors (Lipinski definition) is 3. The number of pyridine rings is 1. The molecule has 0 amide bonds. The third kappa shape index (κ3) is 5.00. The molecule has 0 saturated carbocycles. The Morgan fingerprint density at radius 3 is 2.48 bits per heavy atom. The number of aryl methyl sites for hydroxylation is 2. The summed E-state index contributed by atoms with van der Waals surface area (Å²) in [4.78, 5) is 4.66. The lowest BCUT2D eigenvalue weighted by Crippen LogP contribution is -1.99. The molecule has 0 aliphatic carbocycles. The fraction of sp³-hybridized carbons (Fsp3) is 0.154. The van der Waals surface area contributed by atoms with E-state index in [-0.39, 0.29) is 0 Å². The van der Waals surface area contributed by atoms with Gasteiger partial charge in [0.05, 0.1) is 22.8 Å². The summed E-state index contributed by atoms with van der Waals surface area (Å²) in [5, 5.41) is 10.0. The summed E-state index contributed by atoms with van der Waals surface area (Å²) >= 11 is 0. The van der Waals surface area contributed by atoms with Crippen LogP contribution in [0.4, 0.5) is 0 Å². The van der Waals surface area contributed by atoms with Gasteiger partial charge in [-0.05, 0) is 66.8 Å². The van der Waals surface area contributed by atoms with Crippen LogP contribution >= 0.6 is 0 Å². The molecule has 0 saturated heterocycles. The first kappa shape index (κ1) is 18.7. The second-order valence-corrected chi connectivity index (χ2v) is 7.09. The van der Waals surface area contributed by atoms with Gasteiger partial charge in [-0.25, -0.2) is 4.98 Å². The third-order valence-corrected chi connectivity index (χ3v) is 4.96. The van der Waals surface area contributed by atoms with Crippen LogP contribution in [0.25, 0.3) is 10.9 Å². The van der Waals surface area contributed by atoms with Gasteiger partial charge in [0.1, 0.15) is 12.4 Å². The number of fused-ring (bicyclic) bond motifs is 1. The maximum absolute atomic E-state index is 8.88. The molecule has 0 aliphatic heterocycles. The highest BCUT2D eigenvalue weighted by Gasteiger charge is 2.02. The normalized spacial score (nSPS) is 10.6. The maximum Gasteiger partial charge on any atom is 0.130 e. The Morgan fingerprint density at radius 1 is 0.793 bits per heavy atom. The molecule has 0 atom stereocenters. The van der Waals surface area contributed by atoms with E-state index in [9.17, 15) is 0 Å². The van der Waals surface area contributed by atoms with E-state index in [1.54, 1.807) is 0 Å². The molecule has 0 unspecified atom stereocenters. The Bertz CT molecular complexity index is 1140. The zero-order chi connectivity index (χ0) is 19.9. The molecular weight excluding hydrogens is 356 g/mol. The van der Waals surface area contributed by atoms with Gasteiger partial charge >= 0.3 is 0 Å². The minimum absolute atomic E-state index is 0.458. The molecule has 3 nitrogen and oxygen atoms in total. The number of ether oxygens (including phenoxy) is 1. The van der Waals surface area contributed by atoms with Crippen LogP contribution in [0.5, 0.6) is 5.75 Å². The van der Waals surface area contributed by atoms with Crippen molar-refractivity contribution in [2.24, 2.45) is 0 Å². The first-order chi connectivity index (χ1) is 14.3. The van der Waals surface area contributed by atoms with Gasteiger partial charge < -0.3 is 4.74 Å². The van der Waals surface area contributed by atoms with E-state index in [4.69, 9.17) is 10.00 Å². The number of benzene rings is 3. The standard InChI is InChI=1S/C26H22N2O/c27-18-22-13-11-20(12-14-22)5-3-6-21-7-4-9-25(17-21)29-19-24-16-15-23-8-1-2-10-26(23)28-24/h1-2,4,7-17H,3,5-6,19H2. The van der Waals surface area contributed by atoms with E-state index in [1.807, 2.05) is 60.7 Å². The fourth-order valence-electron chi connectivity index (χ4n) is 3.38. The molecule has 0 radical (unpaired) electrons. The number of nitriles is 1. The molecule has 4 rings (SSSR count). The summed E-state index contributed by atoms with van der Waals surface area (Å²) in [6.07, 6.45) is 3.05. The molecule has 0 fully saturated rings. The van der Waals surface area contributed by atoms with E-state index < -0.39 is 0 Å². The summed E-state index contributed by atoms with van der Waals surface area (Å²) in [5.41, 5.74) is 5.15. The van der Waals surface area contributed by atoms with Crippen LogP contribution in [0.1, 0.15) is 28.8 Å². The van der Waals surface area contributed by atoms with Gasteiger partial charge in [-0.2, -0.15) is 5.26 Å². The van der Waals surface area contributed by atoms with Crippen LogP contribution in [-0.2, 0) is 19.4 Å². The van der Waals surface area contributed by atoms with Crippen molar-refractivity contribution in [3.05, 3.63) is 107 Å². The number of nitrogens with zero attached hydrogens (tertiary/aromatic N) is 2. The van der Waals surface area contributed by atoms with E-state index >= 15 is 0 Å². The number of para-hydroxylation sites is 1. The second kappa shape index (κ2) is 9.03. The Labute approximate surface area is 171 Å². The van der Waals surface area contributed by atoms with Crippen LogP contribution in [0.2, 0.25) is 0 Å². The highest BCUT2D eigenvalue weighted by Crippen LogP contribution is 2.18. The molecule has 142 valence electrons. The minimum atomic E-state index is 0.458. The fourth-order valence-corrected chi connectivity index (χ4v) is 3.38. The van der Waals surface area contributed by atoms with Crippen molar-refractivity contribution in [3.8, 4) is 11.8 Å². The van der Waals surface area contributed by atoms with E-state index in [1.165, 1.54) is 11.1 Å². The third-order valence-electron chi connectivity index (χ3n) is 4.96. The van der Waals surface area contributed by atoms with Gasteiger partial charge in [-0.1, -0.05) is 48.5 Å². The minimum Gasteiger partial charge on any atom is -0.487 e. The monoisotopic (exact) mass is 378 g/mol. The largest absolute Gasteiger partial charge is 0.487 e. The quantitative estimate of drug-likeness (QED) is 0.404. The van der Waals surface area contributed by atoms with Crippen molar-refractivity contribution in [2.45, 2.75) is 25.9 Å². The van der Waals surface area contributed by atoms with Crippen LogP contribution in [0.3, 0.4) is 0 Å². The molecule has 0 spiro atoms. The molecule has 0 aliphatic rings. The van der Waals surface area contributed by atoms with Crippen molar-refractivity contribution in [1.82, 2.24) is 4.98 Å². The molecular formula is C26H22N2O. The molecule has 0 N–H and O–H groups in total. The number of rotatable bonds is 7. The average molecular weight is 378 g/mol. The predicted octanol–water partition coefficient (Wildman–Crippen LogP) is 5.86. The molecule has 0 bridgehead atoms. The van der Waals surface area contributed by atoms with Gasteiger partial charge in [-0.15, -0.1) is 0 Å². The maximum atomic E-state index is 8.88. The summed E-state index contributed by atoms with van der Waals surface area (Å²) in [6, 6.07) is 30.5. The van der Waals surface area contributed by atoms with Crippen LogP contribution in [0, 0.1) is 11.3 Å². The Kier molecular flexibility index (Phi) is 5.83. The van der Waals surface area contributed by atoms with E-state index in [0.717, 1.165) is 41.6 Å². The lowest BCUT2D eigenvalue weighted by atomic mass is 10.0. The Morgan fingerprint density at radius 2 is 1.62 bits per heavy atom. The first-order valence-corrected chi connectivity index (χ1v) is 9.86. The number of aromatic nitrogens is 1. The van der Waals surface area contributed by atoms with Gasteiger partial charge in [0.15, 0.2) is 0 Å². The molecule has 1 heterocycles. The molecule has 1 aromatic heterocycles. The van der Waals surface area contributed by atoms with Crippen molar-refractivity contribution >= 4 is 10.9 Å². The summed E-state index contributed by atoms with van der Waals surface area (Å²) in [6.45, 7) is 0.458. The van der Waals surface area contributed by atoms with Gasteiger partial charge in [0.25, 0.3) is 0 Å². The van der Waals surface area contributed by atoms with Crippen molar-refractivity contribution in [2.75, 3.05) is 0 Å². The van der Waals surface area contributed by atoms with Crippen LogP contribution in [0.15, 0.2) is 84.9 Å². The zero-order valence-corrected chi connectivity index (χ0v) is 16.2. The number of hydrogen-bond donors (Lipinski definition) is 0. The molecule has 3 heteroatoms. The van der Waals surface area contributed by atoms with E-state index in [2.05, 4.69) is 35.3 Å². The summed E-state index contributed by atoms with van der Waals surface area (Å²) in [5.74, 6) is 0.871. The molecule has 29 heavy (non-hydrogen) atoms. The highest BCUT2D eigenvalue weighted by atomic mass is 16.5. The SMILES string of the molecule is N#Cc1ccc(CCCc2cccc(OCc3ccc4ccccc4n3)c2)cc1. The average Bonchev–Trinajstić information content (AvgIpc) is 2.78. The summed E-state index contributed by atoms with van der Waals surface area (Å²) in [7, 11) is 0. The van der Waals surface area contributed by atoms with Crippen molar-refractivity contribution in [3.63, 3.8) is 0 Å². The van der Waals surface area contributed by atoms with Gasteiger partial charge in [0.2, 0.25) is 0 Å². The smallest absolute Gasteiger partial charge is 0.130 e. The predicted molar refractivity (Wildman–Crippen MR) is 116 cm³/mol. The molecule has 4 aromatic rings. The molecule has 3 aromatic carbocycles. The van der Waals surface area contributed by atoms with Gasteiger partial charge in [-0.3, -0.25) is 0 Å². The second-order valence-electron chi connectivity index (χ2n) is 7.09. The Balaban J connectivity index is 1.32. The lowest BCUT2D eigenvalue weighted by molar-refractivity contribution is 0.301. The Hall–Kier alpha value is -3.64.